The van der Waals surface area contributed by atoms with Gasteiger partial charge in [-0.2, -0.15) is 0 Å². The molecule has 1 nitrogen and oxygen atoms in total. The minimum atomic E-state index is -0.466. The first kappa shape index (κ1) is 12.5. The van der Waals surface area contributed by atoms with Gasteiger partial charge in [-0.3, -0.25) is 0 Å². The summed E-state index contributed by atoms with van der Waals surface area (Å²) in [6, 6.07) is 3.88. The van der Waals surface area contributed by atoms with Gasteiger partial charge in [0.05, 0.1) is 0 Å². The van der Waals surface area contributed by atoms with Gasteiger partial charge in [0.15, 0.2) is 0 Å². The molecule has 1 fully saturated rings. The Kier molecular flexibility index (Phi) is 4.11. The Balaban J connectivity index is 1.99. The van der Waals surface area contributed by atoms with E-state index in [-0.39, 0.29) is 5.92 Å². The molecule has 0 saturated carbocycles. The van der Waals surface area contributed by atoms with Gasteiger partial charge in [0.1, 0.15) is 11.6 Å². The van der Waals surface area contributed by atoms with Crippen LogP contribution in [0.2, 0.25) is 0 Å². The Labute approximate surface area is 101 Å². The largest absolute Gasteiger partial charge is 0.303 e. The molecule has 0 spiro atoms. The van der Waals surface area contributed by atoms with Gasteiger partial charge in [-0.15, -0.1) is 0 Å². The molecular weight excluding hydrogens is 220 g/mol. The van der Waals surface area contributed by atoms with E-state index in [2.05, 4.69) is 11.8 Å². The number of halogens is 2. The summed E-state index contributed by atoms with van der Waals surface area (Å²) in [6.07, 6.45) is 3.40. The van der Waals surface area contributed by atoms with Crippen molar-refractivity contribution >= 4 is 0 Å². The van der Waals surface area contributed by atoms with Crippen LogP contribution in [-0.4, -0.2) is 24.5 Å². The maximum atomic E-state index is 13.1. The zero-order valence-electron chi connectivity index (χ0n) is 10.3. The van der Waals surface area contributed by atoms with Crippen LogP contribution in [0.5, 0.6) is 0 Å². The maximum Gasteiger partial charge on any atom is 0.126 e. The maximum absolute atomic E-state index is 13.1. The van der Waals surface area contributed by atoms with Crippen molar-refractivity contribution in [3.05, 3.63) is 35.4 Å². The summed E-state index contributed by atoms with van der Waals surface area (Å²) in [5.74, 6) is -0.643. The SMILES string of the molecule is CCCCN1CC[C@H](c2cc(F)cc(F)c2)C1. The lowest BCUT2D eigenvalue weighted by molar-refractivity contribution is 0.328. The van der Waals surface area contributed by atoms with Gasteiger partial charge >= 0.3 is 0 Å². The molecule has 0 bridgehead atoms. The molecule has 94 valence electrons. The molecule has 17 heavy (non-hydrogen) atoms. The summed E-state index contributed by atoms with van der Waals surface area (Å²) in [5.41, 5.74) is 0.807. The molecule has 0 N–H and O–H groups in total. The first-order valence-corrected chi connectivity index (χ1v) is 6.37. The highest BCUT2D eigenvalue weighted by atomic mass is 19.1. The lowest BCUT2D eigenvalue weighted by Crippen LogP contribution is -2.21. The van der Waals surface area contributed by atoms with Crippen LogP contribution in [-0.2, 0) is 0 Å². The lowest BCUT2D eigenvalue weighted by Gasteiger charge is -2.15. The summed E-state index contributed by atoms with van der Waals surface area (Å²) in [5, 5.41) is 0. The first-order valence-electron chi connectivity index (χ1n) is 6.37. The van der Waals surface area contributed by atoms with E-state index in [0.717, 1.165) is 37.7 Å². The van der Waals surface area contributed by atoms with Gasteiger partial charge in [0.25, 0.3) is 0 Å². The van der Waals surface area contributed by atoms with Crippen LogP contribution in [0.15, 0.2) is 18.2 Å². The highest BCUT2D eigenvalue weighted by Crippen LogP contribution is 2.28. The highest BCUT2D eigenvalue weighted by molar-refractivity contribution is 5.23. The average molecular weight is 239 g/mol. The van der Waals surface area contributed by atoms with Crippen LogP contribution >= 0.6 is 0 Å². The molecular formula is C14H19F2N. The molecule has 1 aliphatic heterocycles. The van der Waals surface area contributed by atoms with Crippen molar-refractivity contribution in [1.29, 1.82) is 0 Å². The Morgan fingerprint density at radius 1 is 1.24 bits per heavy atom. The van der Waals surface area contributed by atoms with Crippen LogP contribution in [0.4, 0.5) is 8.78 Å². The van der Waals surface area contributed by atoms with E-state index in [1.165, 1.54) is 25.0 Å². The standard InChI is InChI=1S/C14H19F2N/c1-2-3-5-17-6-4-11(10-17)12-7-13(15)9-14(16)8-12/h7-9,11H,2-6,10H2,1H3/t11-/m0/s1. The normalized spacial score (nSPS) is 21.0. The first-order chi connectivity index (χ1) is 8.19. The van der Waals surface area contributed by atoms with Gasteiger partial charge in [-0.25, -0.2) is 8.78 Å². The van der Waals surface area contributed by atoms with Crippen molar-refractivity contribution in [2.75, 3.05) is 19.6 Å². The minimum Gasteiger partial charge on any atom is -0.303 e. The van der Waals surface area contributed by atoms with Crippen molar-refractivity contribution in [2.24, 2.45) is 0 Å². The molecule has 1 atom stereocenters. The van der Waals surface area contributed by atoms with Gasteiger partial charge in [0, 0.05) is 12.6 Å². The average Bonchev–Trinajstić information content (AvgIpc) is 2.73. The Hall–Kier alpha value is -0.960. The number of benzene rings is 1. The number of likely N-dealkylation sites (tertiary alicyclic amines) is 1. The number of rotatable bonds is 4. The van der Waals surface area contributed by atoms with Crippen molar-refractivity contribution in [3.8, 4) is 0 Å². The molecule has 0 radical (unpaired) electrons. The molecule has 2 rings (SSSR count). The Morgan fingerprint density at radius 2 is 1.94 bits per heavy atom. The summed E-state index contributed by atoms with van der Waals surface area (Å²) in [4.78, 5) is 2.39. The highest BCUT2D eigenvalue weighted by Gasteiger charge is 2.23. The van der Waals surface area contributed by atoms with Crippen LogP contribution in [0.1, 0.15) is 37.7 Å². The monoisotopic (exact) mass is 239 g/mol. The van der Waals surface area contributed by atoms with E-state index in [4.69, 9.17) is 0 Å². The smallest absolute Gasteiger partial charge is 0.126 e. The molecule has 1 heterocycles. The quantitative estimate of drug-likeness (QED) is 0.776. The second-order valence-electron chi connectivity index (χ2n) is 4.84. The molecule has 0 amide bonds. The third-order valence-electron chi connectivity index (χ3n) is 3.46. The van der Waals surface area contributed by atoms with Gasteiger partial charge in [-0.1, -0.05) is 13.3 Å². The van der Waals surface area contributed by atoms with E-state index in [0.29, 0.717) is 0 Å². The zero-order chi connectivity index (χ0) is 12.3. The molecule has 0 aromatic heterocycles. The van der Waals surface area contributed by atoms with Crippen molar-refractivity contribution in [2.45, 2.75) is 32.1 Å². The van der Waals surface area contributed by atoms with E-state index < -0.39 is 11.6 Å². The molecule has 1 aromatic carbocycles. The number of nitrogens with zero attached hydrogens (tertiary/aromatic N) is 1. The van der Waals surface area contributed by atoms with Crippen molar-refractivity contribution in [3.63, 3.8) is 0 Å². The summed E-state index contributed by atoms with van der Waals surface area (Å²) in [6.45, 7) is 5.26. The van der Waals surface area contributed by atoms with Crippen LogP contribution < -0.4 is 0 Å². The third-order valence-corrected chi connectivity index (χ3v) is 3.46. The fraction of sp³-hybridized carbons (Fsp3) is 0.571. The van der Waals surface area contributed by atoms with Gasteiger partial charge in [0.2, 0.25) is 0 Å². The van der Waals surface area contributed by atoms with E-state index in [1.807, 2.05) is 0 Å². The van der Waals surface area contributed by atoms with Crippen LogP contribution in [0, 0.1) is 11.6 Å². The van der Waals surface area contributed by atoms with E-state index >= 15 is 0 Å². The summed E-state index contributed by atoms with van der Waals surface area (Å²) >= 11 is 0. The minimum absolute atomic E-state index is 0.289. The molecule has 0 unspecified atom stereocenters. The number of hydrogen-bond donors (Lipinski definition) is 0. The molecule has 0 aliphatic carbocycles. The predicted octanol–water partition coefficient (Wildman–Crippen LogP) is 3.55. The van der Waals surface area contributed by atoms with Crippen molar-refractivity contribution in [1.82, 2.24) is 4.90 Å². The Bertz CT molecular complexity index is 358. The lowest BCUT2D eigenvalue weighted by atomic mass is 9.98. The van der Waals surface area contributed by atoms with E-state index in [9.17, 15) is 8.78 Å². The third kappa shape index (κ3) is 3.25. The summed E-state index contributed by atoms with van der Waals surface area (Å²) < 4.78 is 26.3. The zero-order valence-corrected chi connectivity index (χ0v) is 10.3. The van der Waals surface area contributed by atoms with Crippen LogP contribution in [0.25, 0.3) is 0 Å². The molecule has 1 saturated heterocycles. The summed E-state index contributed by atoms with van der Waals surface area (Å²) in [7, 11) is 0. The second-order valence-corrected chi connectivity index (χ2v) is 4.84. The van der Waals surface area contributed by atoms with Gasteiger partial charge in [-0.05, 0) is 49.5 Å². The van der Waals surface area contributed by atoms with E-state index in [1.54, 1.807) is 0 Å². The topological polar surface area (TPSA) is 3.24 Å². The Morgan fingerprint density at radius 3 is 2.59 bits per heavy atom. The number of hydrogen-bond acceptors (Lipinski definition) is 1. The van der Waals surface area contributed by atoms with Gasteiger partial charge < -0.3 is 4.90 Å². The fourth-order valence-corrected chi connectivity index (χ4v) is 2.50. The number of unbranched alkanes of at least 4 members (excludes halogenated alkanes) is 1. The molecule has 1 aromatic rings. The fourth-order valence-electron chi connectivity index (χ4n) is 2.50. The second kappa shape index (κ2) is 5.58. The predicted molar refractivity (Wildman–Crippen MR) is 65.1 cm³/mol. The molecule has 3 heteroatoms. The molecule has 1 aliphatic rings. The van der Waals surface area contributed by atoms with Crippen LogP contribution in [0.3, 0.4) is 0 Å². The van der Waals surface area contributed by atoms with Crippen molar-refractivity contribution < 1.29 is 8.78 Å².